The normalized spacial score (nSPS) is 14.2. The summed E-state index contributed by atoms with van der Waals surface area (Å²) in [7, 11) is 0. The predicted octanol–water partition coefficient (Wildman–Crippen LogP) is 6.98. The summed E-state index contributed by atoms with van der Waals surface area (Å²) in [5.41, 5.74) is 4.65. The van der Waals surface area contributed by atoms with Crippen molar-refractivity contribution in [2.45, 2.75) is 12.6 Å². The number of ether oxygens (including phenoxy) is 1. The van der Waals surface area contributed by atoms with E-state index in [2.05, 4.69) is 81.5 Å². The molecule has 0 aliphatic carbocycles. The van der Waals surface area contributed by atoms with Crippen LogP contribution in [0.5, 0.6) is 5.75 Å². The molecule has 5 heteroatoms. The van der Waals surface area contributed by atoms with Crippen LogP contribution in [-0.2, 0) is 11.4 Å². The van der Waals surface area contributed by atoms with E-state index in [1.165, 1.54) is 11.1 Å². The van der Waals surface area contributed by atoms with Gasteiger partial charge in [0.25, 0.3) is 0 Å². The fourth-order valence-electron chi connectivity index (χ4n) is 4.78. The number of rotatable bonds is 8. The Hall–Kier alpha value is -3.67. The van der Waals surface area contributed by atoms with Gasteiger partial charge in [0.15, 0.2) is 0 Å². The number of carbonyl (C=O) groups excluding carboxylic acids is 1. The standard InChI is InChI=1S/C33H31BrN2O2/c34-30-16-11-27(12-17-30)25-38-31-18-13-26(14-19-31)15-20-32(37)35-21-23-36(24-22-35)33(28-7-3-1-4-8-28)29-9-5-2-6-10-29/h1-20,33H,21-25H2. The molecule has 5 rings (SSSR count). The van der Waals surface area contributed by atoms with Crippen LogP contribution in [0.4, 0.5) is 0 Å². The Bertz CT molecular complexity index is 1290. The molecule has 38 heavy (non-hydrogen) atoms. The number of carbonyl (C=O) groups is 1. The van der Waals surface area contributed by atoms with Gasteiger partial charge in [-0.2, -0.15) is 0 Å². The maximum absolute atomic E-state index is 12.9. The van der Waals surface area contributed by atoms with Gasteiger partial charge in [-0.25, -0.2) is 0 Å². The number of halogens is 1. The van der Waals surface area contributed by atoms with Gasteiger partial charge in [0.05, 0.1) is 6.04 Å². The van der Waals surface area contributed by atoms with E-state index in [0.29, 0.717) is 19.7 Å². The van der Waals surface area contributed by atoms with Gasteiger partial charge in [-0.15, -0.1) is 0 Å². The minimum absolute atomic E-state index is 0.0520. The SMILES string of the molecule is O=C(C=Cc1ccc(OCc2ccc(Br)cc2)cc1)N1CCN(C(c2ccccc2)c2ccccc2)CC1. The van der Waals surface area contributed by atoms with Crippen molar-refractivity contribution in [3.05, 3.63) is 142 Å². The van der Waals surface area contributed by atoms with Crippen molar-refractivity contribution in [2.24, 2.45) is 0 Å². The summed E-state index contributed by atoms with van der Waals surface area (Å²) in [4.78, 5) is 17.3. The number of hydrogen-bond acceptors (Lipinski definition) is 3. The number of nitrogens with zero attached hydrogens (tertiary/aromatic N) is 2. The predicted molar refractivity (Wildman–Crippen MR) is 157 cm³/mol. The van der Waals surface area contributed by atoms with Gasteiger partial charge in [0.1, 0.15) is 12.4 Å². The van der Waals surface area contributed by atoms with Gasteiger partial charge < -0.3 is 9.64 Å². The first-order valence-electron chi connectivity index (χ1n) is 12.9. The molecule has 1 amide bonds. The fraction of sp³-hybridized carbons (Fsp3) is 0.182. The molecular formula is C33H31BrN2O2. The third kappa shape index (κ3) is 6.80. The van der Waals surface area contributed by atoms with Crippen LogP contribution < -0.4 is 4.74 Å². The van der Waals surface area contributed by atoms with E-state index in [4.69, 9.17) is 4.74 Å². The topological polar surface area (TPSA) is 32.8 Å². The van der Waals surface area contributed by atoms with Crippen LogP contribution >= 0.6 is 15.9 Å². The zero-order valence-corrected chi connectivity index (χ0v) is 22.8. The molecule has 1 aliphatic heterocycles. The number of hydrogen-bond donors (Lipinski definition) is 0. The minimum Gasteiger partial charge on any atom is -0.489 e. The molecule has 0 atom stereocenters. The van der Waals surface area contributed by atoms with Crippen LogP contribution in [0.2, 0.25) is 0 Å². The molecule has 0 spiro atoms. The summed E-state index contributed by atoms with van der Waals surface area (Å²) in [6.45, 7) is 3.60. The van der Waals surface area contributed by atoms with Crippen molar-refractivity contribution >= 4 is 27.9 Å². The molecule has 1 saturated heterocycles. The molecule has 0 aromatic heterocycles. The lowest BCUT2D eigenvalue weighted by Gasteiger charge is -2.39. The Kier molecular flexibility index (Phi) is 8.69. The van der Waals surface area contributed by atoms with Crippen LogP contribution in [0, 0.1) is 0 Å². The number of amides is 1. The summed E-state index contributed by atoms with van der Waals surface area (Å²) < 4.78 is 6.93. The molecule has 0 saturated carbocycles. The fourth-order valence-corrected chi connectivity index (χ4v) is 5.04. The maximum atomic E-state index is 12.9. The van der Waals surface area contributed by atoms with E-state index in [0.717, 1.165) is 34.4 Å². The van der Waals surface area contributed by atoms with Gasteiger partial charge in [-0.3, -0.25) is 9.69 Å². The molecule has 4 aromatic rings. The van der Waals surface area contributed by atoms with Crippen LogP contribution in [0.1, 0.15) is 28.3 Å². The summed E-state index contributed by atoms with van der Waals surface area (Å²) in [5.74, 6) is 0.857. The lowest BCUT2D eigenvalue weighted by Crippen LogP contribution is -2.49. The largest absolute Gasteiger partial charge is 0.489 e. The summed E-state index contributed by atoms with van der Waals surface area (Å²) in [5, 5.41) is 0. The Morgan fingerprint density at radius 2 is 1.34 bits per heavy atom. The van der Waals surface area contributed by atoms with Crippen molar-refractivity contribution in [1.82, 2.24) is 9.80 Å². The van der Waals surface area contributed by atoms with Crippen LogP contribution in [0.3, 0.4) is 0 Å². The Morgan fingerprint density at radius 3 is 1.92 bits per heavy atom. The van der Waals surface area contributed by atoms with Crippen molar-refractivity contribution < 1.29 is 9.53 Å². The minimum atomic E-state index is 0.0520. The molecule has 1 aliphatic rings. The molecule has 192 valence electrons. The second-order valence-corrected chi connectivity index (χ2v) is 10.3. The van der Waals surface area contributed by atoms with Gasteiger partial charge in [0.2, 0.25) is 5.91 Å². The van der Waals surface area contributed by atoms with E-state index in [9.17, 15) is 4.79 Å². The smallest absolute Gasteiger partial charge is 0.246 e. The zero-order chi connectivity index (χ0) is 26.2. The van der Waals surface area contributed by atoms with E-state index >= 15 is 0 Å². The first-order chi connectivity index (χ1) is 18.7. The highest BCUT2D eigenvalue weighted by Gasteiger charge is 2.27. The summed E-state index contributed by atoms with van der Waals surface area (Å²) >= 11 is 3.45. The van der Waals surface area contributed by atoms with E-state index in [1.807, 2.05) is 59.5 Å². The molecule has 0 unspecified atom stereocenters. The van der Waals surface area contributed by atoms with Crippen molar-refractivity contribution in [2.75, 3.05) is 26.2 Å². The van der Waals surface area contributed by atoms with Gasteiger partial charge in [-0.05, 0) is 52.6 Å². The molecule has 0 bridgehead atoms. The highest BCUT2D eigenvalue weighted by Crippen LogP contribution is 2.29. The first-order valence-corrected chi connectivity index (χ1v) is 13.7. The summed E-state index contributed by atoms with van der Waals surface area (Å²) in [6.07, 6.45) is 3.56. The van der Waals surface area contributed by atoms with Crippen LogP contribution in [0.25, 0.3) is 6.08 Å². The second kappa shape index (κ2) is 12.7. The maximum Gasteiger partial charge on any atom is 0.246 e. The number of piperazine rings is 1. The number of benzene rings is 4. The molecule has 4 nitrogen and oxygen atoms in total. The molecule has 0 radical (unpaired) electrons. The van der Waals surface area contributed by atoms with E-state index in [1.54, 1.807) is 6.08 Å². The summed E-state index contributed by atoms with van der Waals surface area (Å²) in [6, 6.07) is 37.4. The molecule has 0 N–H and O–H groups in total. The third-order valence-electron chi connectivity index (χ3n) is 6.84. The zero-order valence-electron chi connectivity index (χ0n) is 21.2. The molecular weight excluding hydrogens is 536 g/mol. The lowest BCUT2D eigenvalue weighted by molar-refractivity contribution is -0.127. The average Bonchev–Trinajstić information content (AvgIpc) is 2.98. The molecule has 4 aromatic carbocycles. The monoisotopic (exact) mass is 566 g/mol. The highest BCUT2D eigenvalue weighted by atomic mass is 79.9. The van der Waals surface area contributed by atoms with Crippen LogP contribution in [-0.4, -0.2) is 41.9 Å². The van der Waals surface area contributed by atoms with E-state index < -0.39 is 0 Å². The Morgan fingerprint density at radius 1 is 0.763 bits per heavy atom. The van der Waals surface area contributed by atoms with Crippen LogP contribution in [0.15, 0.2) is 120 Å². The second-order valence-electron chi connectivity index (χ2n) is 9.40. The highest BCUT2D eigenvalue weighted by molar-refractivity contribution is 9.10. The Balaban J connectivity index is 1.15. The van der Waals surface area contributed by atoms with Gasteiger partial charge in [-0.1, -0.05) is 101 Å². The lowest BCUT2D eigenvalue weighted by atomic mass is 9.96. The Labute approximate surface area is 233 Å². The van der Waals surface area contributed by atoms with Crippen molar-refractivity contribution in [3.63, 3.8) is 0 Å². The van der Waals surface area contributed by atoms with E-state index in [-0.39, 0.29) is 11.9 Å². The quantitative estimate of drug-likeness (QED) is 0.216. The van der Waals surface area contributed by atoms with Gasteiger partial charge in [0, 0.05) is 36.7 Å². The first kappa shape index (κ1) is 26.0. The average molecular weight is 568 g/mol. The van der Waals surface area contributed by atoms with Crippen molar-refractivity contribution in [3.8, 4) is 5.75 Å². The van der Waals surface area contributed by atoms with Crippen molar-refractivity contribution in [1.29, 1.82) is 0 Å². The third-order valence-corrected chi connectivity index (χ3v) is 7.37. The molecule has 1 heterocycles. The molecule has 1 fully saturated rings. The van der Waals surface area contributed by atoms with Gasteiger partial charge >= 0.3 is 0 Å².